The summed E-state index contributed by atoms with van der Waals surface area (Å²) in [6, 6.07) is 5.60. The fraction of sp³-hybridized carbons (Fsp3) is 0.312. The first-order valence-corrected chi connectivity index (χ1v) is 8.99. The average Bonchev–Trinajstić information content (AvgIpc) is 2.56. The molecule has 24 heavy (non-hydrogen) atoms. The molecule has 3 rings (SSSR count). The number of aromatic nitrogens is 1. The number of rotatable bonds is 4. The summed E-state index contributed by atoms with van der Waals surface area (Å²) >= 11 is 0. The number of benzene rings is 1. The predicted molar refractivity (Wildman–Crippen MR) is 89.6 cm³/mol. The third-order valence-electron chi connectivity index (χ3n) is 3.87. The maximum atomic E-state index is 13.6. The number of nitrogens with zero attached hydrogens (tertiary/aromatic N) is 3. The van der Waals surface area contributed by atoms with Gasteiger partial charge in [0, 0.05) is 19.8 Å². The molecule has 2 heterocycles. The van der Waals surface area contributed by atoms with Crippen LogP contribution in [0.1, 0.15) is 6.92 Å². The third-order valence-corrected chi connectivity index (χ3v) is 5.69. The molecule has 1 aromatic heterocycles. The van der Waals surface area contributed by atoms with Crippen molar-refractivity contribution in [1.29, 1.82) is 0 Å². The molecule has 8 heteroatoms. The molecular formula is C16H18FN3O3S. The Hall–Kier alpha value is -2.35. The van der Waals surface area contributed by atoms with E-state index in [-0.39, 0.29) is 17.2 Å². The fourth-order valence-corrected chi connectivity index (χ4v) is 4.25. The molecule has 0 aliphatic carbocycles. The minimum absolute atomic E-state index is 0.00618. The highest BCUT2D eigenvalue weighted by Gasteiger charge is 2.33. The normalized spacial score (nSPS) is 14.5. The van der Waals surface area contributed by atoms with Gasteiger partial charge in [-0.2, -0.15) is 0 Å². The summed E-state index contributed by atoms with van der Waals surface area (Å²) < 4.78 is 46.5. The Kier molecular flexibility index (Phi) is 4.31. The van der Waals surface area contributed by atoms with Crippen LogP contribution >= 0.6 is 0 Å². The van der Waals surface area contributed by atoms with Crippen molar-refractivity contribution >= 4 is 21.4 Å². The molecule has 0 N–H and O–H groups in total. The van der Waals surface area contributed by atoms with E-state index in [9.17, 15) is 12.8 Å². The van der Waals surface area contributed by atoms with Crippen LogP contribution in [-0.4, -0.2) is 40.1 Å². The van der Waals surface area contributed by atoms with Crippen molar-refractivity contribution in [2.75, 3.05) is 35.9 Å². The Bertz CT molecular complexity index is 857. The number of ether oxygens (including phenoxy) is 1. The second-order valence-electron chi connectivity index (χ2n) is 5.39. The molecule has 0 radical (unpaired) electrons. The number of pyridine rings is 1. The number of hydrogen-bond acceptors (Lipinski definition) is 5. The van der Waals surface area contributed by atoms with Gasteiger partial charge in [-0.05, 0) is 31.2 Å². The Morgan fingerprint density at radius 3 is 2.79 bits per heavy atom. The molecular weight excluding hydrogens is 333 g/mol. The lowest BCUT2D eigenvalue weighted by molar-refractivity contribution is 0.330. The van der Waals surface area contributed by atoms with Crippen LogP contribution in [0.4, 0.5) is 15.8 Å². The SMILES string of the molecule is CCOc1ccncc1S(=O)(=O)N1CCN(C)c2cc(F)ccc21. The molecule has 1 aliphatic heterocycles. The van der Waals surface area contributed by atoms with Gasteiger partial charge in [0.05, 0.1) is 30.7 Å². The molecule has 128 valence electrons. The van der Waals surface area contributed by atoms with Gasteiger partial charge in [-0.15, -0.1) is 0 Å². The molecule has 0 atom stereocenters. The lowest BCUT2D eigenvalue weighted by Gasteiger charge is -2.36. The molecule has 6 nitrogen and oxygen atoms in total. The van der Waals surface area contributed by atoms with Gasteiger partial charge in [0.2, 0.25) is 0 Å². The van der Waals surface area contributed by atoms with Gasteiger partial charge in [0.25, 0.3) is 10.0 Å². The van der Waals surface area contributed by atoms with Gasteiger partial charge in [0.1, 0.15) is 16.5 Å². The van der Waals surface area contributed by atoms with Gasteiger partial charge in [-0.1, -0.05) is 0 Å². The minimum Gasteiger partial charge on any atom is -0.492 e. The van der Waals surface area contributed by atoms with Crippen molar-refractivity contribution in [3.8, 4) is 5.75 Å². The topological polar surface area (TPSA) is 62.7 Å². The highest BCUT2D eigenvalue weighted by Crippen LogP contribution is 2.37. The predicted octanol–water partition coefficient (Wildman–Crippen LogP) is 2.26. The van der Waals surface area contributed by atoms with Crippen LogP contribution in [0.5, 0.6) is 5.75 Å². The average molecular weight is 351 g/mol. The summed E-state index contributed by atoms with van der Waals surface area (Å²) in [5.74, 6) is -0.147. The Morgan fingerprint density at radius 2 is 2.04 bits per heavy atom. The first-order chi connectivity index (χ1) is 11.4. The maximum Gasteiger partial charge on any atom is 0.269 e. The number of sulfonamides is 1. The Morgan fingerprint density at radius 1 is 1.25 bits per heavy atom. The van der Waals surface area contributed by atoms with E-state index in [2.05, 4.69) is 4.98 Å². The molecule has 0 saturated heterocycles. The van der Waals surface area contributed by atoms with Crippen molar-refractivity contribution in [3.63, 3.8) is 0 Å². The Labute approximate surface area is 140 Å². The zero-order valence-corrected chi connectivity index (χ0v) is 14.3. The summed E-state index contributed by atoms with van der Waals surface area (Å²) in [6.07, 6.45) is 2.76. The number of anilines is 2. The minimum atomic E-state index is -3.87. The van der Waals surface area contributed by atoms with E-state index >= 15 is 0 Å². The van der Waals surface area contributed by atoms with E-state index in [1.165, 1.54) is 41.0 Å². The molecule has 0 bridgehead atoms. The van der Waals surface area contributed by atoms with Gasteiger partial charge in [0.15, 0.2) is 0 Å². The van der Waals surface area contributed by atoms with Crippen LogP contribution in [0.25, 0.3) is 0 Å². The maximum absolute atomic E-state index is 13.6. The van der Waals surface area contributed by atoms with Crippen LogP contribution in [0.2, 0.25) is 0 Å². The van der Waals surface area contributed by atoms with Crippen LogP contribution in [-0.2, 0) is 10.0 Å². The van der Waals surface area contributed by atoms with E-state index in [1.54, 1.807) is 14.0 Å². The van der Waals surface area contributed by atoms with Crippen molar-refractivity contribution in [2.24, 2.45) is 0 Å². The lowest BCUT2D eigenvalue weighted by Crippen LogP contribution is -2.42. The summed E-state index contributed by atoms with van der Waals surface area (Å²) in [7, 11) is -2.06. The number of halogens is 1. The van der Waals surface area contributed by atoms with Gasteiger partial charge in [-0.25, -0.2) is 12.8 Å². The van der Waals surface area contributed by atoms with E-state index in [1.807, 2.05) is 4.90 Å². The van der Waals surface area contributed by atoms with Crippen molar-refractivity contribution in [3.05, 3.63) is 42.5 Å². The molecule has 1 aliphatic rings. The second-order valence-corrected chi connectivity index (χ2v) is 7.22. The van der Waals surface area contributed by atoms with Crippen molar-refractivity contribution < 1.29 is 17.5 Å². The van der Waals surface area contributed by atoms with Crippen molar-refractivity contribution in [1.82, 2.24) is 4.98 Å². The van der Waals surface area contributed by atoms with E-state index in [4.69, 9.17) is 4.74 Å². The van der Waals surface area contributed by atoms with Crippen LogP contribution in [0.3, 0.4) is 0 Å². The molecule has 2 aromatic rings. The number of likely N-dealkylation sites (N-methyl/N-ethyl adjacent to an activating group) is 1. The third kappa shape index (κ3) is 2.77. The van der Waals surface area contributed by atoms with E-state index in [0.29, 0.717) is 24.5 Å². The van der Waals surface area contributed by atoms with Gasteiger partial charge >= 0.3 is 0 Å². The Balaban J connectivity index is 2.11. The summed E-state index contributed by atoms with van der Waals surface area (Å²) in [5.41, 5.74) is 0.975. The van der Waals surface area contributed by atoms with Crippen LogP contribution in [0.15, 0.2) is 41.6 Å². The van der Waals surface area contributed by atoms with Gasteiger partial charge < -0.3 is 9.64 Å². The lowest BCUT2D eigenvalue weighted by atomic mass is 10.2. The highest BCUT2D eigenvalue weighted by molar-refractivity contribution is 7.93. The zero-order chi connectivity index (χ0) is 17.3. The van der Waals surface area contributed by atoms with E-state index in [0.717, 1.165) is 0 Å². The number of fused-ring (bicyclic) bond motifs is 1. The fourth-order valence-electron chi connectivity index (χ4n) is 2.70. The zero-order valence-electron chi connectivity index (χ0n) is 13.4. The molecule has 1 aromatic carbocycles. The summed E-state index contributed by atoms with van der Waals surface area (Å²) in [5, 5.41) is 0. The quantitative estimate of drug-likeness (QED) is 0.846. The molecule has 0 saturated carbocycles. The molecule has 0 amide bonds. The van der Waals surface area contributed by atoms with Crippen molar-refractivity contribution in [2.45, 2.75) is 11.8 Å². The monoisotopic (exact) mass is 351 g/mol. The van der Waals surface area contributed by atoms with Crippen LogP contribution in [0, 0.1) is 5.82 Å². The summed E-state index contributed by atoms with van der Waals surface area (Å²) in [4.78, 5) is 5.75. The van der Waals surface area contributed by atoms with Crippen LogP contribution < -0.4 is 13.9 Å². The second kappa shape index (κ2) is 6.27. The van der Waals surface area contributed by atoms with E-state index < -0.39 is 15.8 Å². The molecule has 0 unspecified atom stereocenters. The summed E-state index contributed by atoms with van der Waals surface area (Å²) in [6.45, 7) is 2.85. The van der Waals surface area contributed by atoms with Gasteiger partial charge in [-0.3, -0.25) is 9.29 Å². The molecule has 0 spiro atoms. The first kappa shape index (κ1) is 16.5. The largest absolute Gasteiger partial charge is 0.492 e. The highest BCUT2D eigenvalue weighted by atomic mass is 32.2. The first-order valence-electron chi connectivity index (χ1n) is 7.55. The number of hydrogen-bond donors (Lipinski definition) is 0. The molecule has 0 fully saturated rings. The smallest absolute Gasteiger partial charge is 0.269 e. The standard InChI is InChI=1S/C16H18FN3O3S/c1-3-23-15-6-7-18-11-16(15)24(21,22)20-9-8-19(2)14-10-12(17)4-5-13(14)20/h4-7,10-11H,3,8-9H2,1-2H3.